The zero-order valence-corrected chi connectivity index (χ0v) is 17.6. The summed E-state index contributed by atoms with van der Waals surface area (Å²) in [6.07, 6.45) is 3.68. The van der Waals surface area contributed by atoms with Crippen molar-refractivity contribution in [3.05, 3.63) is 69.8 Å². The van der Waals surface area contributed by atoms with Crippen LogP contribution in [0.3, 0.4) is 0 Å². The maximum absolute atomic E-state index is 12.8. The lowest BCUT2D eigenvalue weighted by atomic mass is 10.1. The Kier molecular flexibility index (Phi) is 5.39. The molecule has 0 saturated heterocycles. The number of furan rings is 1. The molecule has 0 aliphatic rings. The number of thioether (sulfide) groups is 1. The summed E-state index contributed by atoms with van der Waals surface area (Å²) >= 11 is 3.20. The molecule has 4 aromatic rings. The van der Waals surface area contributed by atoms with Crippen LogP contribution in [0.2, 0.25) is 0 Å². The molecule has 0 aliphatic carbocycles. The van der Waals surface area contributed by atoms with E-state index in [-0.39, 0.29) is 11.6 Å². The predicted octanol–water partition coefficient (Wildman–Crippen LogP) is 5.16. The Morgan fingerprint density at radius 1 is 1.29 bits per heavy atom. The molecule has 1 N–H and O–H groups in total. The minimum absolute atomic E-state index is 0.0218. The Balaban J connectivity index is 1.60. The summed E-state index contributed by atoms with van der Waals surface area (Å²) < 4.78 is 5.46. The molecule has 0 fully saturated rings. The molecule has 0 bridgehead atoms. The molecule has 0 saturated carbocycles. The highest BCUT2D eigenvalue weighted by Crippen LogP contribution is 2.31. The van der Waals surface area contributed by atoms with E-state index in [0.717, 1.165) is 16.9 Å². The first-order chi connectivity index (χ1) is 13.6. The van der Waals surface area contributed by atoms with Gasteiger partial charge in [0.05, 0.1) is 17.7 Å². The molecule has 0 aliphatic heterocycles. The van der Waals surface area contributed by atoms with Gasteiger partial charge in [-0.3, -0.25) is 9.69 Å². The molecule has 3 heterocycles. The fourth-order valence-corrected chi connectivity index (χ4v) is 4.48. The van der Waals surface area contributed by atoms with Crippen molar-refractivity contribution >= 4 is 33.3 Å². The fraction of sp³-hybridized carbons (Fsp3) is 0.238. The van der Waals surface area contributed by atoms with Crippen LogP contribution in [0, 0.1) is 0 Å². The predicted molar refractivity (Wildman–Crippen MR) is 116 cm³/mol. The number of aromatic amines is 1. The first-order valence-electron chi connectivity index (χ1n) is 8.95. The number of rotatable bonds is 6. The summed E-state index contributed by atoms with van der Waals surface area (Å²) in [4.78, 5) is 24.7. The molecule has 0 amide bonds. The zero-order valence-electron chi connectivity index (χ0n) is 15.9. The number of H-pyrrole nitrogens is 1. The highest BCUT2D eigenvalue weighted by molar-refractivity contribution is 7.98. The van der Waals surface area contributed by atoms with Gasteiger partial charge in [0.2, 0.25) is 0 Å². The molecular formula is C21H21N3O2S2. The van der Waals surface area contributed by atoms with Gasteiger partial charge in [0.25, 0.3) is 5.56 Å². The molecule has 1 aromatic carbocycles. The van der Waals surface area contributed by atoms with Crippen LogP contribution in [0.25, 0.3) is 21.5 Å². The van der Waals surface area contributed by atoms with E-state index in [2.05, 4.69) is 47.3 Å². The molecule has 7 heteroatoms. The second-order valence-corrected chi connectivity index (χ2v) is 8.43. The van der Waals surface area contributed by atoms with Crippen molar-refractivity contribution in [1.82, 2.24) is 14.9 Å². The number of benzene rings is 1. The normalized spacial score (nSPS) is 12.7. The van der Waals surface area contributed by atoms with Gasteiger partial charge in [-0.15, -0.1) is 23.1 Å². The van der Waals surface area contributed by atoms with Crippen molar-refractivity contribution in [2.75, 3.05) is 13.3 Å². The molecule has 0 unspecified atom stereocenters. The number of hydrogen-bond acceptors (Lipinski definition) is 6. The number of hydrogen-bond donors (Lipinski definition) is 1. The third-order valence-electron chi connectivity index (χ3n) is 4.90. The molecule has 0 spiro atoms. The summed E-state index contributed by atoms with van der Waals surface area (Å²) in [7, 11) is 2.04. The van der Waals surface area contributed by atoms with Gasteiger partial charge in [-0.1, -0.05) is 12.1 Å². The summed E-state index contributed by atoms with van der Waals surface area (Å²) in [6.45, 7) is 2.83. The van der Waals surface area contributed by atoms with E-state index < -0.39 is 0 Å². The summed E-state index contributed by atoms with van der Waals surface area (Å²) in [5.41, 5.74) is 1.89. The van der Waals surface area contributed by atoms with E-state index in [4.69, 9.17) is 9.40 Å². The van der Waals surface area contributed by atoms with Gasteiger partial charge in [-0.25, -0.2) is 4.98 Å². The van der Waals surface area contributed by atoms with Crippen LogP contribution in [0.1, 0.15) is 24.4 Å². The Morgan fingerprint density at radius 2 is 2.07 bits per heavy atom. The van der Waals surface area contributed by atoms with Crippen molar-refractivity contribution < 1.29 is 4.42 Å². The number of aromatic nitrogens is 2. The minimum atomic E-state index is -0.128. The van der Waals surface area contributed by atoms with Crippen molar-refractivity contribution in [1.29, 1.82) is 0 Å². The Labute approximate surface area is 171 Å². The van der Waals surface area contributed by atoms with Crippen LogP contribution < -0.4 is 5.56 Å². The fourth-order valence-electron chi connectivity index (χ4n) is 3.14. The molecule has 28 heavy (non-hydrogen) atoms. The molecule has 1 atom stereocenters. The number of nitrogens with zero attached hydrogens (tertiary/aromatic N) is 2. The maximum Gasteiger partial charge on any atom is 0.260 e. The lowest BCUT2D eigenvalue weighted by Crippen LogP contribution is -2.25. The highest BCUT2D eigenvalue weighted by Gasteiger charge is 2.19. The van der Waals surface area contributed by atoms with Crippen molar-refractivity contribution in [2.24, 2.45) is 0 Å². The SMILES string of the molecule is CSc1ccc(CN(C)[C@@H](C)c2nc3scc(-c4ccco4)c3c(=O)[nH]2)cc1. The topological polar surface area (TPSA) is 62.1 Å². The first kappa shape index (κ1) is 19.0. The molecular weight excluding hydrogens is 390 g/mol. The molecule has 144 valence electrons. The maximum atomic E-state index is 12.8. The van der Waals surface area contributed by atoms with Crippen LogP contribution >= 0.6 is 23.1 Å². The van der Waals surface area contributed by atoms with Crippen molar-refractivity contribution in [3.63, 3.8) is 0 Å². The van der Waals surface area contributed by atoms with E-state index in [1.165, 1.54) is 21.8 Å². The standard InChI is InChI=1S/C21H21N3O2S2/c1-13(24(2)11-14-6-8-15(27-3)9-7-14)19-22-20(25)18-16(12-28-21(18)23-19)17-5-4-10-26-17/h4-10,12-13H,11H2,1-3H3,(H,22,23,25)/t13-/m0/s1. The smallest absolute Gasteiger partial charge is 0.260 e. The van der Waals surface area contributed by atoms with E-state index in [1.807, 2.05) is 24.6 Å². The van der Waals surface area contributed by atoms with Gasteiger partial charge in [0, 0.05) is 22.4 Å². The van der Waals surface area contributed by atoms with Crippen LogP contribution in [-0.4, -0.2) is 28.2 Å². The minimum Gasteiger partial charge on any atom is -0.464 e. The molecule has 0 radical (unpaired) electrons. The monoisotopic (exact) mass is 411 g/mol. The van der Waals surface area contributed by atoms with Crippen LogP contribution in [-0.2, 0) is 6.54 Å². The van der Waals surface area contributed by atoms with E-state index >= 15 is 0 Å². The van der Waals surface area contributed by atoms with Gasteiger partial charge in [-0.2, -0.15) is 0 Å². The average molecular weight is 412 g/mol. The summed E-state index contributed by atoms with van der Waals surface area (Å²) in [6, 6.07) is 12.2. The van der Waals surface area contributed by atoms with Gasteiger partial charge in [-0.05, 0) is 50.1 Å². The highest BCUT2D eigenvalue weighted by atomic mass is 32.2. The van der Waals surface area contributed by atoms with Gasteiger partial charge >= 0.3 is 0 Å². The van der Waals surface area contributed by atoms with Crippen LogP contribution in [0.5, 0.6) is 0 Å². The molecule has 5 nitrogen and oxygen atoms in total. The average Bonchev–Trinajstić information content (AvgIpc) is 3.37. The Hall–Kier alpha value is -2.35. The van der Waals surface area contributed by atoms with Gasteiger partial charge in [0.15, 0.2) is 0 Å². The lowest BCUT2D eigenvalue weighted by molar-refractivity contribution is 0.244. The first-order valence-corrected chi connectivity index (χ1v) is 11.1. The summed E-state index contributed by atoms with van der Waals surface area (Å²) in [5, 5.41) is 2.52. The van der Waals surface area contributed by atoms with Gasteiger partial charge < -0.3 is 9.40 Å². The largest absolute Gasteiger partial charge is 0.464 e. The van der Waals surface area contributed by atoms with Crippen LogP contribution in [0.4, 0.5) is 0 Å². The van der Waals surface area contributed by atoms with Crippen molar-refractivity contribution in [2.45, 2.75) is 24.4 Å². The number of fused-ring (bicyclic) bond motifs is 1. The summed E-state index contributed by atoms with van der Waals surface area (Å²) in [5.74, 6) is 1.36. The lowest BCUT2D eigenvalue weighted by Gasteiger charge is -2.24. The zero-order chi connectivity index (χ0) is 19.7. The third kappa shape index (κ3) is 3.65. The van der Waals surface area contributed by atoms with Crippen LogP contribution in [0.15, 0.2) is 62.1 Å². The molecule has 3 aromatic heterocycles. The third-order valence-corrected chi connectivity index (χ3v) is 6.51. The van der Waals surface area contributed by atoms with E-state index in [1.54, 1.807) is 18.0 Å². The Morgan fingerprint density at radius 3 is 2.75 bits per heavy atom. The van der Waals surface area contributed by atoms with Gasteiger partial charge in [0.1, 0.15) is 16.4 Å². The van der Waals surface area contributed by atoms with E-state index in [9.17, 15) is 4.79 Å². The quantitative estimate of drug-likeness (QED) is 0.444. The van der Waals surface area contributed by atoms with Crippen molar-refractivity contribution in [3.8, 4) is 11.3 Å². The second kappa shape index (κ2) is 7.95. The number of thiophene rings is 1. The number of nitrogens with one attached hydrogen (secondary N) is 1. The van der Waals surface area contributed by atoms with E-state index in [0.29, 0.717) is 17.0 Å². The second-order valence-electron chi connectivity index (χ2n) is 6.70. The Bertz CT molecular complexity index is 1130. The molecule has 4 rings (SSSR count).